The number of carbonyl (C=O) groups excluding carboxylic acids is 1. The highest BCUT2D eigenvalue weighted by atomic mass is 16.3. The van der Waals surface area contributed by atoms with Crippen LogP contribution in [0.5, 0.6) is 0 Å². The first-order valence-corrected chi connectivity index (χ1v) is 12.7. The van der Waals surface area contributed by atoms with E-state index in [1.54, 1.807) is 45.7 Å². The van der Waals surface area contributed by atoms with E-state index in [1.165, 1.54) is 0 Å². The van der Waals surface area contributed by atoms with Crippen LogP contribution in [-0.4, -0.2) is 63.7 Å². The second-order valence-electron chi connectivity index (χ2n) is 10.1. The number of benzene rings is 1. The van der Waals surface area contributed by atoms with Gasteiger partial charge in [-0.05, 0) is 44.0 Å². The van der Waals surface area contributed by atoms with Crippen molar-refractivity contribution >= 4 is 28.4 Å². The van der Waals surface area contributed by atoms with Crippen LogP contribution in [0.2, 0.25) is 0 Å². The van der Waals surface area contributed by atoms with Crippen LogP contribution in [0.3, 0.4) is 0 Å². The maximum atomic E-state index is 12.3. The SMILES string of the molecule is CNC(=O)c1ccnc2c(C(C)CNc3cc(-c4ccc(N(C)CCC(C)(C)O)nc4)ncn3)cccc12. The first-order chi connectivity index (χ1) is 18.2. The van der Waals surface area contributed by atoms with Crippen LogP contribution < -0.4 is 15.5 Å². The van der Waals surface area contributed by atoms with Crippen molar-refractivity contribution < 1.29 is 9.90 Å². The van der Waals surface area contributed by atoms with Gasteiger partial charge >= 0.3 is 0 Å². The molecule has 0 aliphatic heterocycles. The molecule has 1 atom stereocenters. The fourth-order valence-electron chi connectivity index (χ4n) is 4.23. The van der Waals surface area contributed by atoms with Gasteiger partial charge < -0.3 is 20.6 Å². The minimum absolute atomic E-state index is 0.116. The van der Waals surface area contributed by atoms with E-state index in [1.807, 2.05) is 48.3 Å². The van der Waals surface area contributed by atoms with E-state index in [0.717, 1.165) is 33.5 Å². The molecular formula is C29H35N7O2. The molecule has 0 radical (unpaired) electrons. The van der Waals surface area contributed by atoms with Crippen LogP contribution in [0.25, 0.3) is 22.2 Å². The number of pyridine rings is 2. The Morgan fingerprint density at radius 3 is 2.63 bits per heavy atom. The molecule has 0 aliphatic carbocycles. The zero-order valence-electron chi connectivity index (χ0n) is 22.6. The molecule has 0 aliphatic rings. The van der Waals surface area contributed by atoms with Crippen LogP contribution in [0.15, 0.2) is 61.2 Å². The number of hydrogen-bond donors (Lipinski definition) is 3. The van der Waals surface area contributed by atoms with Gasteiger partial charge in [0.15, 0.2) is 0 Å². The third-order valence-electron chi connectivity index (χ3n) is 6.56. The second-order valence-corrected chi connectivity index (χ2v) is 10.1. The highest BCUT2D eigenvalue weighted by Crippen LogP contribution is 2.27. The largest absolute Gasteiger partial charge is 0.390 e. The summed E-state index contributed by atoms with van der Waals surface area (Å²) < 4.78 is 0. The number of amides is 1. The van der Waals surface area contributed by atoms with E-state index in [4.69, 9.17) is 0 Å². The van der Waals surface area contributed by atoms with Crippen molar-refractivity contribution in [2.75, 3.05) is 37.4 Å². The molecule has 4 aromatic rings. The maximum Gasteiger partial charge on any atom is 0.251 e. The molecule has 0 spiro atoms. The smallest absolute Gasteiger partial charge is 0.251 e. The molecule has 0 fully saturated rings. The molecule has 3 aromatic heterocycles. The van der Waals surface area contributed by atoms with Gasteiger partial charge in [-0.1, -0.05) is 25.1 Å². The minimum atomic E-state index is -0.714. The monoisotopic (exact) mass is 513 g/mol. The van der Waals surface area contributed by atoms with Crippen LogP contribution in [-0.2, 0) is 0 Å². The number of para-hydroxylation sites is 1. The molecule has 9 nitrogen and oxygen atoms in total. The van der Waals surface area contributed by atoms with Gasteiger partial charge in [-0.15, -0.1) is 0 Å². The van der Waals surface area contributed by atoms with Crippen molar-refractivity contribution in [3.05, 3.63) is 72.3 Å². The normalized spacial score (nSPS) is 12.3. The molecule has 198 valence electrons. The quantitative estimate of drug-likeness (QED) is 0.288. The van der Waals surface area contributed by atoms with Crippen molar-refractivity contribution in [3.63, 3.8) is 0 Å². The number of nitrogens with one attached hydrogen (secondary N) is 2. The lowest BCUT2D eigenvalue weighted by molar-refractivity contribution is 0.0733. The lowest BCUT2D eigenvalue weighted by Gasteiger charge is -2.23. The molecular weight excluding hydrogens is 478 g/mol. The molecule has 3 heterocycles. The van der Waals surface area contributed by atoms with E-state index in [0.29, 0.717) is 30.9 Å². The first kappa shape index (κ1) is 26.9. The Bertz CT molecular complexity index is 1400. The molecule has 0 saturated heterocycles. The number of aliphatic hydroxyl groups is 1. The molecule has 3 N–H and O–H groups in total. The topological polar surface area (TPSA) is 116 Å². The molecule has 9 heteroatoms. The highest BCUT2D eigenvalue weighted by molar-refractivity contribution is 6.06. The standard InChI is InChI=1S/C29H35N7O2/c1-19(21-7-6-8-22-23(28(37)30-4)11-13-31-27(21)22)16-32-25-15-24(34-18-35-25)20-9-10-26(33-17-20)36(5)14-12-29(2,3)38/h6-11,13,15,17-19,38H,12,14,16H2,1-5H3,(H,30,37)(H,32,34,35). The summed E-state index contributed by atoms with van der Waals surface area (Å²) in [6.07, 6.45) is 5.67. The van der Waals surface area contributed by atoms with Crippen molar-refractivity contribution in [2.24, 2.45) is 0 Å². The average molecular weight is 514 g/mol. The van der Waals surface area contributed by atoms with Gasteiger partial charge in [-0.3, -0.25) is 9.78 Å². The third kappa shape index (κ3) is 6.41. The van der Waals surface area contributed by atoms with E-state index in [9.17, 15) is 9.90 Å². The zero-order chi connectivity index (χ0) is 27.3. The van der Waals surface area contributed by atoms with Gasteiger partial charge in [0.25, 0.3) is 5.91 Å². The zero-order valence-corrected chi connectivity index (χ0v) is 22.6. The number of aromatic nitrogens is 4. The van der Waals surface area contributed by atoms with Crippen molar-refractivity contribution in [1.82, 2.24) is 25.3 Å². The van der Waals surface area contributed by atoms with E-state index in [2.05, 4.69) is 37.5 Å². The number of anilines is 2. The van der Waals surface area contributed by atoms with Gasteiger partial charge in [0, 0.05) is 62.5 Å². The van der Waals surface area contributed by atoms with E-state index < -0.39 is 5.60 Å². The Hall–Kier alpha value is -4.11. The molecule has 38 heavy (non-hydrogen) atoms. The number of nitrogens with zero attached hydrogens (tertiary/aromatic N) is 5. The second kappa shape index (κ2) is 11.5. The lowest BCUT2D eigenvalue weighted by atomic mass is 9.96. The summed E-state index contributed by atoms with van der Waals surface area (Å²) in [7, 11) is 3.59. The number of carbonyl (C=O) groups is 1. The molecule has 1 aromatic carbocycles. The summed E-state index contributed by atoms with van der Waals surface area (Å²) in [5.41, 5.74) is 3.45. The van der Waals surface area contributed by atoms with E-state index >= 15 is 0 Å². The van der Waals surface area contributed by atoms with Crippen LogP contribution in [0, 0.1) is 0 Å². The van der Waals surface area contributed by atoms with Gasteiger partial charge in [0.05, 0.1) is 22.4 Å². The predicted molar refractivity (Wildman–Crippen MR) is 151 cm³/mol. The fraction of sp³-hybridized carbons (Fsp3) is 0.345. The lowest BCUT2D eigenvalue weighted by Crippen LogP contribution is -2.28. The van der Waals surface area contributed by atoms with Gasteiger partial charge in [0.1, 0.15) is 18.0 Å². The number of hydrogen-bond acceptors (Lipinski definition) is 8. The van der Waals surface area contributed by atoms with Crippen molar-refractivity contribution in [2.45, 2.75) is 38.7 Å². The van der Waals surface area contributed by atoms with Gasteiger partial charge in [-0.2, -0.15) is 0 Å². The summed E-state index contributed by atoms with van der Waals surface area (Å²) in [6.45, 7) is 7.07. The highest BCUT2D eigenvalue weighted by Gasteiger charge is 2.16. The predicted octanol–water partition coefficient (Wildman–Crippen LogP) is 4.26. The van der Waals surface area contributed by atoms with Crippen LogP contribution >= 0.6 is 0 Å². The number of fused-ring (bicyclic) bond motifs is 1. The summed E-state index contributed by atoms with van der Waals surface area (Å²) >= 11 is 0. The molecule has 4 rings (SSSR count). The van der Waals surface area contributed by atoms with E-state index in [-0.39, 0.29) is 11.8 Å². The Balaban J connectivity index is 1.45. The summed E-state index contributed by atoms with van der Waals surface area (Å²) in [5.74, 6) is 1.54. The third-order valence-corrected chi connectivity index (χ3v) is 6.56. The van der Waals surface area contributed by atoms with Crippen molar-refractivity contribution in [3.8, 4) is 11.3 Å². The van der Waals surface area contributed by atoms with Crippen LogP contribution in [0.4, 0.5) is 11.6 Å². The summed E-state index contributed by atoms with van der Waals surface area (Å²) in [4.78, 5) is 32.3. The molecule has 1 amide bonds. The van der Waals surface area contributed by atoms with Gasteiger partial charge in [-0.25, -0.2) is 15.0 Å². The van der Waals surface area contributed by atoms with Crippen LogP contribution in [0.1, 0.15) is 49.0 Å². The summed E-state index contributed by atoms with van der Waals surface area (Å²) in [5, 5.41) is 16.9. The summed E-state index contributed by atoms with van der Waals surface area (Å²) in [6, 6.07) is 13.5. The molecule has 1 unspecified atom stereocenters. The van der Waals surface area contributed by atoms with Gasteiger partial charge in [0.2, 0.25) is 0 Å². The number of rotatable bonds is 10. The molecule has 0 saturated carbocycles. The Morgan fingerprint density at radius 2 is 1.92 bits per heavy atom. The minimum Gasteiger partial charge on any atom is -0.390 e. The average Bonchev–Trinajstić information content (AvgIpc) is 2.93. The maximum absolute atomic E-state index is 12.3. The fourth-order valence-corrected chi connectivity index (χ4v) is 4.23. The Morgan fingerprint density at radius 1 is 1.11 bits per heavy atom. The Kier molecular flexibility index (Phi) is 8.16. The van der Waals surface area contributed by atoms with Crippen molar-refractivity contribution in [1.29, 1.82) is 0 Å². The Labute approximate surface area is 223 Å². The molecule has 0 bridgehead atoms. The first-order valence-electron chi connectivity index (χ1n) is 12.7.